The largest absolute Gasteiger partial charge is 0.467 e. The predicted octanol–water partition coefficient (Wildman–Crippen LogP) is 2.11. The van der Waals surface area contributed by atoms with E-state index in [2.05, 4.69) is 34.8 Å². The van der Waals surface area contributed by atoms with Crippen LogP contribution in [0.5, 0.6) is 0 Å². The van der Waals surface area contributed by atoms with Gasteiger partial charge in [-0.05, 0) is 31.4 Å². The minimum Gasteiger partial charge on any atom is -0.467 e. The van der Waals surface area contributed by atoms with Gasteiger partial charge in [-0.2, -0.15) is 0 Å². The van der Waals surface area contributed by atoms with Crippen LogP contribution in [-0.2, 0) is 11.3 Å². The van der Waals surface area contributed by atoms with Crippen molar-refractivity contribution in [2.45, 2.75) is 33.7 Å². The molecule has 0 fully saturated rings. The van der Waals surface area contributed by atoms with Crippen molar-refractivity contribution in [3.63, 3.8) is 0 Å². The molecule has 0 radical (unpaired) electrons. The molecule has 0 aromatic carbocycles. The normalized spacial score (nSPS) is 11.0. The van der Waals surface area contributed by atoms with Crippen LogP contribution in [0.3, 0.4) is 0 Å². The Hall–Kier alpha value is -1.25. The molecule has 1 rings (SSSR count). The average molecular weight is 422 g/mol. The molecule has 1 aromatic heterocycles. The number of nitrogens with one attached hydrogen (secondary N) is 3. The van der Waals surface area contributed by atoms with Crippen LogP contribution >= 0.6 is 24.0 Å². The topological polar surface area (TPSA) is 78.7 Å². The second-order valence-electron chi connectivity index (χ2n) is 5.16. The summed E-state index contributed by atoms with van der Waals surface area (Å²) >= 11 is 0. The van der Waals surface area contributed by atoms with Gasteiger partial charge < -0.3 is 20.4 Å². The van der Waals surface area contributed by atoms with Crippen LogP contribution in [0, 0.1) is 5.92 Å². The van der Waals surface area contributed by atoms with Gasteiger partial charge in [0.2, 0.25) is 5.91 Å². The van der Waals surface area contributed by atoms with E-state index >= 15 is 0 Å². The number of furan rings is 1. The second-order valence-corrected chi connectivity index (χ2v) is 5.16. The highest BCUT2D eigenvalue weighted by Crippen LogP contribution is 1.98. The summed E-state index contributed by atoms with van der Waals surface area (Å²) in [6.45, 7) is 8.44. The fourth-order valence-electron chi connectivity index (χ4n) is 1.63. The van der Waals surface area contributed by atoms with Crippen molar-refractivity contribution in [1.29, 1.82) is 0 Å². The Bertz CT molecular complexity index is 433. The van der Waals surface area contributed by atoms with E-state index in [1.165, 1.54) is 0 Å². The van der Waals surface area contributed by atoms with Crippen molar-refractivity contribution in [2.75, 3.05) is 19.6 Å². The molecule has 0 bridgehead atoms. The number of halogens is 1. The smallest absolute Gasteiger partial charge is 0.242 e. The van der Waals surface area contributed by atoms with E-state index in [1.54, 1.807) is 12.3 Å². The van der Waals surface area contributed by atoms with Crippen LogP contribution < -0.4 is 16.0 Å². The van der Waals surface area contributed by atoms with Gasteiger partial charge in [0.15, 0.2) is 5.96 Å². The molecule has 1 amide bonds. The molecular weight excluding hydrogens is 395 g/mol. The first-order valence-electron chi connectivity index (χ1n) is 7.43. The lowest BCUT2D eigenvalue weighted by atomic mass is 10.1. The van der Waals surface area contributed by atoms with Crippen LogP contribution in [0.25, 0.3) is 0 Å². The SMILES string of the molecule is CCNC(=NCC(=O)NCc1ccco1)NCCC(C)C.I. The summed E-state index contributed by atoms with van der Waals surface area (Å²) in [5, 5.41) is 9.10. The first-order valence-corrected chi connectivity index (χ1v) is 7.43. The molecule has 0 saturated carbocycles. The number of carbonyl (C=O) groups excluding carboxylic acids is 1. The van der Waals surface area contributed by atoms with Crippen molar-refractivity contribution in [3.8, 4) is 0 Å². The number of guanidine groups is 1. The number of nitrogens with zero attached hydrogens (tertiary/aromatic N) is 1. The van der Waals surface area contributed by atoms with Gasteiger partial charge in [0.25, 0.3) is 0 Å². The summed E-state index contributed by atoms with van der Waals surface area (Å²) in [5.41, 5.74) is 0. The van der Waals surface area contributed by atoms with E-state index in [0.717, 1.165) is 25.3 Å². The maximum atomic E-state index is 11.7. The number of hydrogen-bond donors (Lipinski definition) is 3. The summed E-state index contributed by atoms with van der Waals surface area (Å²) < 4.78 is 5.15. The average Bonchev–Trinajstić information content (AvgIpc) is 2.95. The summed E-state index contributed by atoms with van der Waals surface area (Å²) in [6.07, 6.45) is 2.65. The van der Waals surface area contributed by atoms with Crippen LogP contribution in [0.4, 0.5) is 0 Å². The highest BCUT2D eigenvalue weighted by atomic mass is 127. The Morgan fingerprint density at radius 3 is 2.68 bits per heavy atom. The molecule has 6 nitrogen and oxygen atoms in total. The molecule has 0 saturated heterocycles. The van der Waals surface area contributed by atoms with Crippen molar-refractivity contribution >= 4 is 35.8 Å². The second kappa shape index (κ2) is 12.3. The van der Waals surface area contributed by atoms with Gasteiger partial charge in [-0.15, -0.1) is 24.0 Å². The van der Waals surface area contributed by atoms with Crippen LogP contribution in [0.15, 0.2) is 27.8 Å². The standard InChI is InChI=1S/C15H26N4O2.HI/c1-4-16-15(17-8-7-12(2)3)19-11-14(20)18-10-13-6-5-9-21-13;/h5-6,9,12H,4,7-8,10-11H2,1-3H3,(H,18,20)(H2,16,17,19);1H. The van der Waals surface area contributed by atoms with E-state index in [4.69, 9.17) is 4.42 Å². The highest BCUT2D eigenvalue weighted by molar-refractivity contribution is 14.0. The number of amides is 1. The van der Waals surface area contributed by atoms with Gasteiger partial charge in [0.1, 0.15) is 12.3 Å². The van der Waals surface area contributed by atoms with Crippen molar-refractivity contribution in [1.82, 2.24) is 16.0 Å². The molecule has 22 heavy (non-hydrogen) atoms. The zero-order valence-electron chi connectivity index (χ0n) is 13.5. The number of carbonyl (C=O) groups is 1. The Labute approximate surface area is 149 Å². The third kappa shape index (κ3) is 9.64. The molecule has 0 aliphatic rings. The van der Waals surface area contributed by atoms with Gasteiger partial charge >= 0.3 is 0 Å². The summed E-state index contributed by atoms with van der Waals surface area (Å²) in [6, 6.07) is 3.61. The summed E-state index contributed by atoms with van der Waals surface area (Å²) in [7, 11) is 0. The summed E-state index contributed by atoms with van der Waals surface area (Å²) in [5.74, 6) is 1.91. The monoisotopic (exact) mass is 422 g/mol. The molecule has 1 heterocycles. The van der Waals surface area contributed by atoms with Gasteiger partial charge in [-0.3, -0.25) is 4.79 Å². The first-order chi connectivity index (χ1) is 10.1. The van der Waals surface area contributed by atoms with E-state index in [0.29, 0.717) is 18.4 Å². The Morgan fingerprint density at radius 2 is 2.09 bits per heavy atom. The first kappa shape index (κ1) is 20.8. The maximum absolute atomic E-state index is 11.7. The molecule has 126 valence electrons. The number of rotatable bonds is 8. The van der Waals surface area contributed by atoms with Crippen LogP contribution in [-0.4, -0.2) is 31.5 Å². The van der Waals surface area contributed by atoms with Gasteiger partial charge in [0.05, 0.1) is 12.8 Å². The fourth-order valence-corrected chi connectivity index (χ4v) is 1.63. The Morgan fingerprint density at radius 1 is 1.32 bits per heavy atom. The fraction of sp³-hybridized carbons (Fsp3) is 0.600. The highest BCUT2D eigenvalue weighted by Gasteiger charge is 2.03. The lowest BCUT2D eigenvalue weighted by molar-refractivity contribution is -0.119. The molecule has 3 N–H and O–H groups in total. The predicted molar refractivity (Wildman–Crippen MR) is 99.4 cm³/mol. The summed E-state index contributed by atoms with van der Waals surface area (Å²) in [4.78, 5) is 16.0. The van der Waals surface area contributed by atoms with E-state index in [1.807, 2.05) is 13.0 Å². The molecule has 0 unspecified atom stereocenters. The Kier molecular flexibility index (Phi) is 11.6. The molecular formula is C15H27IN4O2. The number of aliphatic imine (C=N–C) groups is 1. The minimum absolute atomic E-state index is 0. The van der Waals surface area contributed by atoms with Crippen LogP contribution in [0.2, 0.25) is 0 Å². The van der Waals surface area contributed by atoms with Gasteiger partial charge in [0, 0.05) is 13.1 Å². The third-order valence-electron chi connectivity index (χ3n) is 2.78. The molecule has 0 aliphatic heterocycles. The lowest BCUT2D eigenvalue weighted by Crippen LogP contribution is -2.39. The van der Waals surface area contributed by atoms with Gasteiger partial charge in [-0.1, -0.05) is 13.8 Å². The van der Waals surface area contributed by atoms with E-state index < -0.39 is 0 Å². The minimum atomic E-state index is -0.132. The van der Waals surface area contributed by atoms with E-state index in [-0.39, 0.29) is 36.4 Å². The van der Waals surface area contributed by atoms with Crippen LogP contribution in [0.1, 0.15) is 33.0 Å². The lowest BCUT2D eigenvalue weighted by Gasteiger charge is -2.12. The van der Waals surface area contributed by atoms with Gasteiger partial charge in [-0.25, -0.2) is 4.99 Å². The Balaban J connectivity index is 0.00000441. The number of hydrogen-bond acceptors (Lipinski definition) is 3. The molecule has 0 aliphatic carbocycles. The van der Waals surface area contributed by atoms with E-state index in [9.17, 15) is 4.79 Å². The van der Waals surface area contributed by atoms with Crippen molar-refractivity contribution < 1.29 is 9.21 Å². The molecule has 1 aromatic rings. The zero-order valence-corrected chi connectivity index (χ0v) is 15.8. The molecule has 7 heteroatoms. The van der Waals surface area contributed by atoms with Crippen molar-refractivity contribution in [2.24, 2.45) is 10.9 Å². The third-order valence-corrected chi connectivity index (χ3v) is 2.78. The zero-order chi connectivity index (χ0) is 15.5. The quantitative estimate of drug-likeness (QED) is 0.341. The molecule has 0 atom stereocenters. The maximum Gasteiger partial charge on any atom is 0.242 e. The molecule has 0 spiro atoms. The van der Waals surface area contributed by atoms with Crippen molar-refractivity contribution in [3.05, 3.63) is 24.2 Å².